The van der Waals surface area contributed by atoms with Gasteiger partial charge in [-0.25, -0.2) is 0 Å². The van der Waals surface area contributed by atoms with Gasteiger partial charge in [0.05, 0.1) is 0 Å². The third-order valence-corrected chi connectivity index (χ3v) is 8.02. The first kappa shape index (κ1) is 10.8. The molecule has 0 nitrogen and oxygen atoms in total. The topological polar surface area (TPSA) is 0 Å². The van der Waals surface area contributed by atoms with Crippen molar-refractivity contribution in [3.8, 4) is 0 Å². The van der Waals surface area contributed by atoms with Crippen molar-refractivity contribution < 1.29 is 0 Å². The molecular formula is C9H17ClSeSi. The zero-order valence-corrected chi connectivity index (χ0v) is 11.6. The van der Waals surface area contributed by atoms with E-state index in [1.54, 1.807) is 5.57 Å². The van der Waals surface area contributed by atoms with E-state index in [-0.39, 0.29) is 0 Å². The van der Waals surface area contributed by atoms with E-state index in [2.05, 4.69) is 19.6 Å². The Kier molecular flexibility index (Phi) is 3.90. The van der Waals surface area contributed by atoms with Crippen molar-refractivity contribution in [2.24, 2.45) is 0 Å². The average Bonchev–Trinajstić information content (AvgIpc) is 2.03. The summed E-state index contributed by atoms with van der Waals surface area (Å²) in [6.45, 7) is 7.01. The van der Waals surface area contributed by atoms with Gasteiger partial charge in [0.25, 0.3) is 0 Å². The van der Waals surface area contributed by atoms with Crippen LogP contribution in [0.25, 0.3) is 0 Å². The second-order valence-electron chi connectivity index (χ2n) is 4.32. The Morgan fingerprint density at radius 1 is 1.42 bits per heavy atom. The molecule has 1 fully saturated rings. The Hall–Kier alpha value is 0.766. The fourth-order valence-electron chi connectivity index (χ4n) is 1.36. The number of halogens is 1. The number of allylic oxidation sites excluding steroid dienone is 1. The summed E-state index contributed by atoms with van der Waals surface area (Å²) in [6, 6.07) is 0. The second-order valence-corrected chi connectivity index (χ2v) is 12.3. The first-order valence-electron chi connectivity index (χ1n) is 4.47. The van der Waals surface area contributed by atoms with Crippen LogP contribution in [0.4, 0.5) is 0 Å². The summed E-state index contributed by atoms with van der Waals surface area (Å²) >= 11 is 7.24. The van der Waals surface area contributed by atoms with E-state index < -0.39 is 8.07 Å². The Morgan fingerprint density at radius 3 is 2.50 bits per heavy atom. The van der Waals surface area contributed by atoms with Crippen LogP contribution in [0.15, 0.2) is 10.2 Å². The summed E-state index contributed by atoms with van der Waals surface area (Å²) in [5, 5.41) is 2.79. The third kappa shape index (κ3) is 2.92. The SMILES string of the molecule is C[Si](C)(C)/C(Cl)=C1\CCC[Se]C1. The van der Waals surface area contributed by atoms with Crippen LogP contribution in [0.3, 0.4) is 0 Å². The molecule has 3 heteroatoms. The second kappa shape index (κ2) is 4.32. The zero-order chi connectivity index (χ0) is 9.19. The summed E-state index contributed by atoms with van der Waals surface area (Å²) in [4.78, 5) is 0. The van der Waals surface area contributed by atoms with E-state index in [4.69, 9.17) is 11.6 Å². The van der Waals surface area contributed by atoms with Gasteiger partial charge in [0.15, 0.2) is 0 Å². The Balaban J connectivity index is 2.74. The first-order valence-corrected chi connectivity index (χ1v) is 10.8. The van der Waals surface area contributed by atoms with Gasteiger partial charge in [0.1, 0.15) is 0 Å². The van der Waals surface area contributed by atoms with Gasteiger partial charge >= 0.3 is 88.0 Å². The zero-order valence-electron chi connectivity index (χ0n) is 8.11. The summed E-state index contributed by atoms with van der Waals surface area (Å²) in [6.07, 6.45) is 2.67. The minimum atomic E-state index is -1.19. The van der Waals surface area contributed by atoms with Gasteiger partial charge in [-0.1, -0.05) is 0 Å². The molecule has 1 heterocycles. The monoisotopic (exact) mass is 268 g/mol. The molecule has 0 bridgehead atoms. The minimum absolute atomic E-state index is 0.855. The molecule has 12 heavy (non-hydrogen) atoms. The first-order chi connectivity index (χ1) is 5.52. The Morgan fingerprint density at radius 2 is 2.08 bits per heavy atom. The van der Waals surface area contributed by atoms with E-state index in [1.807, 2.05) is 0 Å². The standard InChI is InChI=1S/C9H17ClSeSi/c1-12(2,3)9(10)8-5-4-6-11-7-8/h4-7H2,1-3H3/b9-8+. The van der Waals surface area contributed by atoms with Gasteiger partial charge in [0.2, 0.25) is 0 Å². The fourth-order valence-corrected chi connectivity index (χ4v) is 5.42. The molecule has 1 rings (SSSR count). The van der Waals surface area contributed by atoms with Gasteiger partial charge in [-0.05, 0) is 0 Å². The molecule has 0 radical (unpaired) electrons. The molecule has 0 amide bonds. The van der Waals surface area contributed by atoms with Crippen LogP contribution in [0.2, 0.25) is 30.3 Å². The van der Waals surface area contributed by atoms with E-state index >= 15 is 0 Å². The molecule has 1 aliphatic rings. The van der Waals surface area contributed by atoms with Crippen molar-refractivity contribution in [1.29, 1.82) is 0 Å². The quantitative estimate of drug-likeness (QED) is 0.636. The van der Waals surface area contributed by atoms with Crippen LogP contribution in [0, 0.1) is 0 Å². The maximum absolute atomic E-state index is 6.39. The van der Waals surface area contributed by atoms with Gasteiger partial charge in [-0.15, -0.1) is 0 Å². The summed E-state index contributed by atoms with van der Waals surface area (Å²) < 4.78 is 1.27. The van der Waals surface area contributed by atoms with Gasteiger partial charge in [-0.2, -0.15) is 0 Å². The predicted molar refractivity (Wildman–Crippen MR) is 60.8 cm³/mol. The van der Waals surface area contributed by atoms with Crippen LogP contribution in [0.5, 0.6) is 0 Å². The van der Waals surface area contributed by atoms with Crippen LogP contribution < -0.4 is 0 Å². The van der Waals surface area contributed by atoms with Crippen molar-refractivity contribution in [2.75, 3.05) is 0 Å². The Bertz CT molecular complexity index is 185. The molecule has 0 atom stereocenters. The van der Waals surface area contributed by atoms with Gasteiger partial charge in [-0.3, -0.25) is 0 Å². The van der Waals surface area contributed by atoms with Crippen LogP contribution >= 0.6 is 11.6 Å². The molecule has 0 aromatic carbocycles. The summed E-state index contributed by atoms with van der Waals surface area (Å²) in [7, 11) is -1.19. The normalized spacial score (nSPS) is 24.0. The maximum atomic E-state index is 6.39. The number of hydrogen-bond acceptors (Lipinski definition) is 0. The molecule has 1 aliphatic heterocycles. The van der Waals surface area contributed by atoms with Crippen molar-refractivity contribution in [2.45, 2.75) is 43.1 Å². The predicted octanol–water partition coefficient (Wildman–Crippen LogP) is 3.69. The van der Waals surface area contributed by atoms with E-state index in [0.717, 1.165) is 15.0 Å². The van der Waals surface area contributed by atoms with Crippen molar-refractivity contribution in [1.82, 2.24) is 0 Å². The van der Waals surface area contributed by atoms with Crippen molar-refractivity contribution >= 4 is 34.6 Å². The molecule has 70 valence electrons. The summed E-state index contributed by atoms with van der Waals surface area (Å²) in [5.74, 6) is 0. The Labute approximate surface area is 87.9 Å². The van der Waals surface area contributed by atoms with Crippen LogP contribution in [-0.2, 0) is 0 Å². The van der Waals surface area contributed by atoms with Crippen LogP contribution in [0.1, 0.15) is 12.8 Å². The third-order valence-electron chi connectivity index (χ3n) is 2.01. The van der Waals surface area contributed by atoms with Crippen LogP contribution in [-0.4, -0.2) is 23.0 Å². The number of rotatable bonds is 1. The molecule has 1 saturated heterocycles. The van der Waals surface area contributed by atoms with E-state index in [1.165, 1.54) is 28.1 Å². The molecule has 0 saturated carbocycles. The molecule has 0 aromatic rings. The number of hydrogen-bond donors (Lipinski definition) is 0. The molecular weight excluding hydrogens is 251 g/mol. The summed E-state index contributed by atoms with van der Waals surface area (Å²) in [5.41, 5.74) is 1.60. The molecule has 0 N–H and O–H groups in total. The van der Waals surface area contributed by atoms with E-state index in [9.17, 15) is 0 Å². The van der Waals surface area contributed by atoms with E-state index in [0.29, 0.717) is 0 Å². The molecule has 0 aromatic heterocycles. The van der Waals surface area contributed by atoms with Gasteiger partial charge < -0.3 is 0 Å². The molecule has 0 aliphatic carbocycles. The van der Waals surface area contributed by atoms with Crippen molar-refractivity contribution in [3.63, 3.8) is 0 Å². The average molecular weight is 268 g/mol. The van der Waals surface area contributed by atoms with Crippen molar-refractivity contribution in [3.05, 3.63) is 10.2 Å². The fraction of sp³-hybridized carbons (Fsp3) is 0.778. The molecule has 0 spiro atoms. The molecule has 0 unspecified atom stereocenters. The van der Waals surface area contributed by atoms with Gasteiger partial charge in [0, 0.05) is 0 Å².